The van der Waals surface area contributed by atoms with E-state index in [1.54, 1.807) is 26.0 Å². The summed E-state index contributed by atoms with van der Waals surface area (Å²) in [5.41, 5.74) is 6.61. The molecule has 0 aliphatic rings. The lowest BCUT2D eigenvalue weighted by Crippen LogP contribution is -2.15. The van der Waals surface area contributed by atoms with Crippen LogP contribution in [-0.2, 0) is 23.9 Å². The Kier molecular flexibility index (Phi) is 28.1. The van der Waals surface area contributed by atoms with Crippen LogP contribution in [0, 0.1) is 6.92 Å². The normalized spacial score (nSPS) is 8.22. The molecule has 206 valence electrons. The van der Waals surface area contributed by atoms with Crippen molar-refractivity contribution >= 4 is 41.6 Å². The lowest BCUT2D eigenvalue weighted by molar-refractivity contribution is -0.133. The number of hydrogen-bond acceptors (Lipinski definition) is 11. The van der Waals surface area contributed by atoms with Gasteiger partial charge in [0.1, 0.15) is 6.10 Å². The monoisotopic (exact) mass is 527 g/mol. The Morgan fingerprint density at radius 1 is 1.00 bits per heavy atom. The molecule has 14 nitrogen and oxygen atoms in total. The second-order valence-corrected chi connectivity index (χ2v) is 6.32. The molecule has 0 bridgehead atoms. The van der Waals surface area contributed by atoms with Gasteiger partial charge in [-0.1, -0.05) is 19.2 Å². The lowest BCUT2D eigenvalue weighted by atomic mass is 10.2. The third-order valence-corrected chi connectivity index (χ3v) is 2.97. The van der Waals surface area contributed by atoms with Gasteiger partial charge < -0.3 is 36.0 Å². The van der Waals surface area contributed by atoms with Crippen molar-refractivity contribution in [1.29, 1.82) is 0 Å². The first kappa shape index (κ1) is 39.8. The maximum Gasteiger partial charge on any atom is 0.404 e. The van der Waals surface area contributed by atoms with E-state index in [0.717, 1.165) is 5.56 Å². The van der Waals surface area contributed by atoms with Crippen molar-refractivity contribution in [3.63, 3.8) is 0 Å². The number of amides is 1. The van der Waals surface area contributed by atoms with E-state index >= 15 is 0 Å². The quantitative estimate of drug-likeness (QED) is 0.169. The molecule has 0 aliphatic heterocycles. The highest BCUT2D eigenvalue weighted by atomic mass is 16.5. The first-order valence-electron chi connectivity index (χ1n) is 10.0. The molecule has 0 fully saturated rings. The zero-order valence-electron chi connectivity index (χ0n) is 21.0. The van der Waals surface area contributed by atoms with Gasteiger partial charge in [0.15, 0.2) is 0 Å². The summed E-state index contributed by atoms with van der Waals surface area (Å²) in [6.45, 7) is 12.3. The molecule has 0 saturated heterocycles. The number of carbonyl (C=O) groups is 3. The van der Waals surface area contributed by atoms with Crippen LogP contribution in [0.2, 0.25) is 0 Å². The molecule has 7 N–H and O–H groups in total. The number of ether oxygens (including phenoxy) is 1. The van der Waals surface area contributed by atoms with Gasteiger partial charge in [0.05, 0.1) is 31.2 Å². The van der Waals surface area contributed by atoms with Crippen molar-refractivity contribution in [2.75, 3.05) is 19.8 Å². The Hall–Kier alpha value is -4.45. The van der Waals surface area contributed by atoms with Gasteiger partial charge in [0, 0.05) is 11.1 Å². The number of primary amides is 1. The van der Waals surface area contributed by atoms with Crippen molar-refractivity contribution in [3.05, 3.63) is 48.1 Å². The van der Waals surface area contributed by atoms with Gasteiger partial charge in [-0.3, -0.25) is 0 Å². The van der Waals surface area contributed by atoms with Crippen LogP contribution in [0.25, 0.3) is 0 Å². The molecule has 0 saturated carbocycles. The summed E-state index contributed by atoms with van der Waals surface area (Å²) in [5.74, 6) is -1.87. The van der Waals surface area contributed by atoms with Gasteiger partial charge in [-0.25, -0.2) is 24.0 Å². The number of isocyanates is 2. The SMILES string of the molecule is C=C(C)C(=O)O.C=C(C)C(=O)O.CCOC(N)=O.Cc1ccc(N=C=O)cc1N=C=O.OCC(O)CO. The molecule has 1 rings (SSSR count). The highest BCUT2D eigenvalue weighted by Crippen LogP contribution is 2.23. The van der Waals surface area contributed by atoms with Crippen LogP contribution in [0.5, 0.6) is 0 Å². The minimum absolute atomic E-state index is 0.176. The van der Waals surface area contributed by atoms with Crippen LogP contribution in [0.1, 0.15) is 26.3 Å². The minimum Gasteiger partial charge on any atom is -0.478 e. The summed E-state index contributed by atoms with van der Waals surface area (Å²) in [6.07, 6.45) is 1.17. The Balaban J connectivity index is -0.000000196. The maximum atomic E-state index is 10.00. The number of aliphatic carboxylic acids is 2. The maximum absolute atomic E-state index is 10.00. The average molecular weight is 528 g/mol. The number of aryl methyl sites for hydroxylation is 1. The number of nitrogens with zero attached hydrogens (tertiary/aromatic N) is 2. The van der Waals surface area contributed by atoms with E-state index in [2.05, 4.69) is 33.6 Å². The largest absolute Gasteiger partial charge is 0.478 e. The third-order valence-electron chi connectivity index (χ3n) is 2.97. The van der Waals surface area contributed by atoms with Crippen molar-refractivity contribution in [1.82, 2.24) is 0 Å². The molecule has 0 heterocycles. The predicted octanol–water partition coefficient (Wildman–Crippen LogP) is 1.66. The molecule has 14 heteroatoms. The Labute approximate surface area is 213 Å². The van der Waals surface area contributed by atoms with Crippen molar-refractivity contribution in [3.8, 4) is 0 Å². The summed E-state index contributed by atoms with van der Waals surface area (Å²) < 4.78 is 4.18. The lowest BCUT2D eigenvalue weighted by Gasteiger charge is -1.97. The van der Waals surface area contributed by atoms with Crippen LogP contribution in [0.4, 0.5) is 16.2 Å². The summed E-state index contributed by atoms with van der Waals surface area (Å²) in [7, 11) is 0. The van der Waals surface area contributed by atoms with Crippen LogP contribution in [0.15, 0.2) is 52.5 Å². The molecule has 1 aromatic rings. The fraction of sp³-hybridized carbons (Fsp3) is 0.348. The van der Waals surface area contributed by atoms with Crippen molar-refractivity contribution in [2.24, 2.45) is 15.7 Å². The minimum atomic E-state index is -0.954. The Bertz CT molecular complexity index is 913. The summed E-state index contributed by atoms with van der Waals surface area (Å²) in [4.78, 5) is 55.6. The van der Waals surface area contributed by atoms with Crippen LogP contribution >= 0.6 is 0 Å². The number of nitrogens with two attached hydrogens (primary N) is 1. The molecule has 0 aliphatic carbocycles. The van der Waals surface area contributed by atoms with E-state index in [1.807, 2.05) is 0 Å². The predicted molar refractivity (Wildman–Crippen MR) is 133 cm³/mol. The summed E-state index contributed by atoms with van der Waals surface area (Å²) in [6, 6.07) is 4.88. The van der Waals surface area contributed by atoms with Crippen LogP contribution < -0.4 is 5.73 Å². The number of benzene rings is 1. The number of aliphatic imine (C=N–C) groups is 2. The summed E-state index contributed by atoms with van der Waals surface area (Å²) >= 11 is 0. The number of carboxylic acids is 2. The molecule has 37 heavy (non-hydrogen) atoms. The van der Waals surface area contributed by atoms with Crippen molar-refractivity contribution in [2.45, 2.75) is 33.8 Å². The van der Waals surface area contributed by atoms with Crippen molar-refractivity contribution < 1.29 is 54.2 Å². The van der Waals surface area contributed by atoms with E-state index < -0.39 is 24.1 Å². The fourth-order valence-electron chi connectivity index (χ4n) is 1.09. The van der Waals surface area contributed by atoms with Crippen LogP contribution in [0.3, 0.4) is 0 Å². The molecule has 0 unspecified atom stereocenters. The standard InChI is InChI=1S/C9H6N2O2.2C4H6O2.C3H7NO2.C3H8O3/c1-7-2-3-8(10-5-12)4-9(7)11-6-13;2*1-3(2)4(5)6;1-2-6-3(4)5;4-1-3(6)2-5/h2-4H,1H3;2*1H2,2H3,(H,5,6);2H2,1H3,(H2,4,5);3-6H,1-2H2. The first-order valence-corrected chi connectivity index (χ1v) is 10.0. The van der Waals surface area contributed by atoms with Gasteiger partial charge in [-0.05, 0) is 45.4 Å². The zero-order valence-corrected chi connectivity index (χ0v) is 21.0. The number of carbonyl (C=O) groups excluding carboxylic acids is 3. The molecule has 0 spiro atoms. The fourth-order valence-corrected chi connectivity index (χ4v) is 1.09. The number of carboxylic acid groups (broad SMARTS) is 2. The Morgan fingerprint density at radius 3 is 1.62 bits per heavy atom. The molecule has 0 radical (unpaired) electrons. The summed E-state index contributed by atoms with van der Waals surface area (Å²) in [5, 5.41) is 39.8. The van der Waals surface area contributed by atoms with Gasteiger partial charge in [-0.15, -0.1) is 0 Å². The second kappa shape index (κ2) is 26.2. The van der Waals surface area contributed by atoms with E-state index in [9.17, 15) is 24.0 Å². The van der Waals surface area contributed by atoms with Gasteiger partial charge in [0.2, 0.25) is 12.2 Å². The zero-order chi connectivity index (χ0) is 30.0. The molecular formula is C23H33N3O11. The second-order valence-electron chi connectivity index (χ2n) is 6.32. The highest BCUT2D eigenvalue weighted by Gasteiger charge is 1.97. The number of aliphatic hydroxyl groups is 3. The molecule has 1 aromatic carbocycles. The third kappa shape index (κ3) is 31.5. The van der Waals surface area contributed by atoms with E-state index in [4.69, 9.17) is 25.5 Å². The van der Waals surface area contributed by atoms with E-state index in [1.165, 1.54) is 32.1 Å². The highest BCUT2D eigenvalue weighted by molar-refractivity contribution is 5.85. The van der Waals surface area contributed by atoms with Crippen LogP contribution in [-0.4, -0.2) is 81.6 Å². The average Bonchev–Trinajstić information content (AvgIpc) is 2.82. The molecule has 0 aromatic heterocycles. The van der Waals surface area contributed by atoms with Gasteiger partial charge >= 0.3 is 18.0 Å². The number of aliphatic hydroxyl groups excluding tert-OH is 3. The van der Waals surface area contributed by atoms with E-state index in [0.29, 0.717) is 18.0 Å². The molecule has 0 atom stereocenters. The smallest absolute Gasteiger partial charge is 0.404 e. The van der Waals surface area contributed by atoms with Gasteiger partial charge in [-0.2, -0.15) is 9.98 Å². The molecule has 1 amide bonds. The van der Waals surface area contributed by atoms with E-state index in [-0.39, 0.29) is 24.4 Å². The Morgan fingerprint density at radius 2 is 1.41 bits per heavy atom. The first-order chi connectivity index (χ1) is 17.1. The van der Waals surface area contributed by atoms with Gasteiger partial charge in [0.25, 0.3) is 0 Å². The number of rotatable bonds is 7. The number of hydrogen-bond donors (Lipinski definition) is 6. The topological polar surface area (TPSA) is 246 Å². The molecular weight excluding hydrogens is 494 g/mol.